The van der Waals surface area contributed by atoms with Crippen LogP contribution in [0.15, 0.2) is 35.3 Å². The number of nitrogens with zero attached hydrogens (tertiary/aromatic N) is 2. The Kier molecular flexibility index (Phi) is 8.76. The Hall–Kier alpha value is -1.81. The van der Waals surface area contributed by atoms with Crippen molar-refractivity contribution < 1.29 is 21.6 Å². The molecule has 0 aromatic heterocycles. The largest absolute Gasteiger partial charge is 0.511 e. The first kappa shape index (κ1) is 23.5. The maximum absolute atomic E-state index is 12.6. The number of alkyl halides is 3. The van der Waals surface area contributed by atoms with E-state index >= 15 is 0 Å². The quantitative estimate of drug-likeness (QED) is 0.375. The van der Waals surface area contributed by atoms with Gasteiger partial charge in [0.05, 0.1) is 0 Å². The predicted molar refractivity (Wildman–Crippen MR) is 108 cm³/mol. The zero-order chi connectivity index (χ0) is 21.3. The van der Waals surface area contributed by atoms with Gasteiger partial charge in [-0.2, -0.15) is 17.5 Å². The van der Waals surface area contributed by atoms with Crippen LogP contribution < -0.4 is 10.6 Å². The van der Waals surface area contributed by atoms with Crippen LogP contribution in [0.5, 0.6) is 0 Å². The Morgan fingerprint density at radius 2 is 1.79 bits per heavy atom. The van der Waals surface area contributed by atoms with Crippen molar-refractivity contribution in [3.8, 4) is 0 Å². The van der Waals surface area contributed by atoms with E-state index in [2.05, 4.69) is 27.8 Å². The molecule has 0 aliphatic carbocycles. The molecule has 2 rings (SSSR count). The number of benzene rings is 1. The summed E-state index contributed by atoms with van der Waals surface area (Å²) in [6, 6.07) is 10.2. The molecule has 1 fully saturated rings. The lowest BCUT2D eigenvalue weighted by molar-refractivity contribution is -0.0494. The molecule has 6 nitrogen and oxygen atoms in total. The van der Waals surface area contributed by atoms with Gasteiger partial charge in [-0.15, -0.1) is 0 Å². The summed E-state index contributed by atoms with van der Waals surface area (Å²) in [5.74, 6) is 0.588. The molecule has 0 atom stereocenters. The Morgan fingerprint density at radius 3 is 2.38 bits per heavy atom. The van der Waals surface area contributed by atoms with Crippen LogP contribution in [0.1, 0.15) is 37.7 Å². The minimum Gasteiger partial charge on any atom is -0.356 e. The zero-order valence-electron chi connectivity index (χ0n) is 16.6. The lowest BCUT2D eigenvalue weighted by atomic mass is 10.1. The van der Waals surface area contributed by atoms with Gasteiger partial charge in [0.25, 0.3) is 0 Å². The van der Waals surface area contributed by atoms with Crippen LogP contribution in [0, 0.1) is 0 Å². The zero-order valence-corrected chi connectivity index (χ0v) is 17.4. The summed E-state index contributed by atoms with van der Waals surface area (Å²) in [5.41, 5.74) is -3.91. The first-order valence-electron chi connectivity index (χ1n) is 9.81. The molecule has 0 amide bonds. The molecule has 0 spiro atoms. The fourth-order valence-corrected chi connectivity index (χ4v) is 4.24. The van der Waals surface area contributed by atoms with Gasteiger partial charge in [0.1, 0.15) is 0 Å². The van der Waals surface area contributed by atoms with Gasteiger partial charge in [0.15, 0.2) is 5.96 Å². The minimum atomic E-state index is -5.24. The van der Waals surface area contributed by atoms with E-state index in [-0.39, 0.29) is 19.1 Å². The van der Waals surface area contributed by atoms with Crippen molar-refractivity contribution in [2.45, 2.75) is 50.1 Å². The highest BCUT2D eigenvalue weighted by molar-refractivity contribution is 7.90. The maximum atomic E-state index is 12.6. The van der Waals surface area contributed by atoms with Gasteiger partial charge >= 0.3 is 15.5 Å². The average molecular weight is 435 g/mol. The Morgan fingerprint density at radius 1 is 1.14 bits per heavy atom. The average Bonchev–Trinajstić information content (AvgIpc) is 2.70. The predicted octanol–water partition coefficient (Wildman–Crippen LogP) is 2.88. The van der Waals surface area contributed by atoms with Crippen LogP contribution in [-0.4, -0.2) is 56.9 Å². The van der Waals surface area contributed by atoms with Crippen LogP contribution in [0.4, 0.5) is 13.2 Å². The highest BCUT2D eigenvalue weighted by Gasteiger charge is 2.50. The van der Waals surface area contributed by atoms with E-state index in [0.29, 0.717) is 23.1 Å². The van der Waals surface area contributed by atoms with Crippen molar-refractivity contribution in [3.63, 3.8) is 0 Å². The van der Waals surface area contributed by atoms with Gasteiger partial charge in [-0.3, -0.25) is 4.99 Å². The van der Waals surface area contributed by atoms with E-state index in [0.717, 1.165) is 32.2 Å². The van der Waals surface area contributed by atoms with Crippen molar-refractivity contribution in [1.29, 1.82) is 0 Å². The second-order valence-corrected chi connectivity index (χ2v) is 8.99. The molecule has 0 bridgehead atoms. The van der Waals surface area contributed by atoms with Crippen LogP contribution in [0.25, 0.3) is 0 Å². The molecule has 1 heterocycles. The number of nitrogens with one attached hydrogen (secondary N) is 2. The van der Waals surface area contributed by atoms with E-state index in [1.165, 1.54) is 5.56 Å². The number of hydrogen-bond acceptors (Lipinski definition) is 3. The Balaban J connectivity index is 1.64. The molecule has 0 unspecified atom stereocenters. The highest BCUT2D eigenvalue weighted by Crippen LogP contribution is 2.28. The maximum Gasteiger partial charge on any atom is 0.511 e. The molecule has 1 aliphatic heterocycles. The first-order chi connectivity index (χ1) is 13.7. The van der Waals surface area contributed by atoms with E-state index < -0.39 is 15.5 Å². The summed E-state index contributed by atoms with van der Waals surface area (Å²) in [5, 5.41) is 6.38. The normalized spacial score (nSPS) is 17.3. The third-order valence-electron chi connectivity index (χ3n) is 4.93. The van der Waals surface area contributed by atoms with E-state index in [1.807, 2.05) is 18.2 Å². The van der Waals surface area contributed by atoms with Crippen LogP contribution >= 0.6 is 0 Å². The van der Waals surface area contributed by atoms with Gasteiger partial charge in [-0.05, 0) is 37.7 Å². The molecule has 2 N–H and O–H groups in total. The summed E-state index contributed by atoms with van der Waals surface area (Å²) < 4.78 is 61.3. The van der Waals surface area contributed by atoms with Crippen molar-refractivity contribution >= 4 is 16.0 Å². The molecule has 1 saturated heterocycles. The van der Waals surface area contributed by atoms with Crippen LogP contribution in [-0.2, 0) is 16.4 Å². The summed E-state index contributed by atoms with van der Waals surface area (Å²) in [6.45, 7) is 0.432. The van der Waals surface area contributed by atoms with E-state index in [1.54, 1.807) is 7.05 Å². The summed E-state index contributed by atoms with van der Waals surface area (Å²) in [6.07, 6.45) is 4.81. The standard InChI is InChI=1S/C19H29F3N4O2S/c1-23-18(24-13-7-3-6-10-16-8-4-2-5-9-16)25-17-11-14-26(15-12-17)29(27,28)19(20,21)22/h2,4-5,8-9,17H,3,6-7,10-15H2,1H3,(H2,23,24,25). The summed E-state index contributed by atoms with van der Waals surface area (Å²) >= 11 is 0. The monoisotopic (exact) mass is 434 g/mol. The number of unbranched alkanes of at least 4 members (excludes halogenated alkanes) is 2. The lowest BCUT2D eigenvalue weighted by Gasteiger charge is -2.32. The summed E-state index contributed by atoms with van der Waals surface area (Å²) in [4.78, 5) is 4.14. The van der Waals surface area contributed by atoms with Crippen molar-refractivity contribution in [3.05, 3.63) is 35.9 Å². The molecule has 1 aromatic rings. The van der Waals surface area contributed by atoms with Gasteiger partial charge in [-0.1, -0.05) is 36.8 Å². The number of hydrogen-bond donors (Lipinski definition) is 2. The number of aliphatic imine (C=N–C) groups is 1. The molecule has 164 valence electrons. The Labute approximate surface area is 170 Å². The van der Waals surface area contributed by atoms with Gasteiger partial charge in [0, 0.05) is 32.7 Å². The fourth-order valence-electron chi connectivity index (χ4n) is 3.26. The minimum absolute atomic E-state index is 0.112. The number of sulfonamides is 1. The van der Waals surface area contributed by atoms with E-state index in [4.69, 9.17) is 0 Å². The molecule has 0 saturated carbocycles. The number of guanidine groups is 1. The van der Waals surface area contributed by atoms with Crippen LogP contribution in [0.2, 0.25) is 0 Å². The highest BCUT2D eigenvalue weighted by atomic mass is 32.2. The smallest absolute Gasteiger partial charge is 0.356 e. The number of rotatable bonds is 8. The molecule has 0 radical (unpaired) electrons. The van der Waals surface area contributed by atoms with E-state index in [9.17, 15) is 21.6 Å². The lowest BCUT2D eigenvalue weighted by Crippen LogP contribution is -2.51. The van der Waals surface area contributed by atoms with Crippen molar-refractivity contribution in [1.82, 2.24) is 14.9 Å². The van der Waals surface area contributed by atoms with Gasteiger partial charge < -0.3 is 10.6 Å². The molecular formula is C19H29F3N4O2S. The first-order valence-corrected chi connectivity index (χ1v) is 11.3. The van der Waals surface area contributed by atoms with Gasteiger partial charge in [0.2, 0.25) is 0 Å². The molecule has 1 aromatic carbocycles. The number of piperidine rings is 1. The van der Waals surface area contributed by atoms with Crippen molar-refractivity contribution in [2.75, 3.05) is 26.7 Å². The molecule has 29 heavy (non-hydrogen) atoms. The van der Waals surface area contributed by atoms with Gasteiger partial charge in [-0.25, -0.2) is 8.42 Å². The second kappa shape index (κ2) is 10.8. The Bertz CT molecular complexity index is 746. The SMILES string of the molecule is CN=C(NCCCCCc1ccccc1)NC1CCN(S(=O)(=O)C(F)(F)F)CC1. The van der Waals surface area contributed by atoms with Crippen LogP contribution in [0.3, 0.4) is 0 Å². The number of halogens is 3. The summed E-state index contributed by atoms with van der Waals surface area (Å²) in [7, 11) is -3.61. The number of aryl methyl sites for hydroxylation is 1. The third-order valence-corrected chi connectivity index (χ3v) is 6.56. The molecule has 1 aliphatic rings. The molecule has 10 heteroatoms. The molecular weight excluding hydrogens is 405 g/mol. The second-order valence-electron chi connectivity index (χ2n) is 7.06. The van der Waals surface area contributed by atoms with Crippen molar-refractivity contribution in [2.24, 2.45) is 4.99 Å². The topological polar surface area (TPSA) is 73.8 Å². The third kappa shape index (κ3) is 7.18. The fraction of sp³-hybridized carbons (Fsp3) is 0.632.